The molecule has 0 aromatic heterocycles. The molecule has 2 amide bonds. The van der Waals surface area contributed by atoms with Crippen molar-refractivity contribution >= 4 is 17.5 Å². The number of likely N-dealkylation sites (tertiary alicyclic amines) is 1. The van der Waals surface area contributed by atoms with E-state index in [1.807, 2.05) is 0 Å². The molecule has 35 heavy (non-hydrogen) atoms. The van der Waals surface area contributed by atoms with Crippen LogP contribution in [0.2, 0.25) is 0 Å². The predicted molar refractivity (Wildman–Crippen MR) is 130 cm³/mol. The van der Waals surface area contributed by atoms with Gasteiger partial charge in [0.25, 0.3) is 0 Å². The number of piperidine rings is 1. The third-order valence-electron chi connectivity index (χ3n) is 6.45. The first-order valence-corrected chi connectivity index (χ1v) is 11.8. The maximum Gasteiger partial charge on any atom is 0.221 e. The highest BCUT2D eigenvalue weighted by Gasteiger charge is 2.42. The smallest absolute Gasteiger partial charge is 0.221 e. The molecule has 1 spiro atoms. The summed E-state index contributed by atoms with van der Waals surface area (Å²) in [6, 6.07) is 9.62. The Labute approximate surface area is 204 Å². The zero-order chi connectivity index (χ0) is 25.0. The highest BCUT2D eigenvalue weighted by atomic mass is 19.1. The van der Waals surface area contributed by atoms with Crippen molar-refractivity contribution in [3.8, 4) is 17.2 Å². The Bertz CT molecular complexity index is 1080. The van der Waals surface area contributed by atoms with Gasteiger partial charge >= 0.3 is 0 Å². The minimum Gasteiger partial charge on any atom is -0.497 e. The van der Waals surface area contributed by atoms with E-state index in [9.17, 15) is 14.0 Å². The van der Waals surface area contributed by atoms with Gasteiger partial charge in [-0.1, -0.05) is 0 Å². The number of nitrogens with one attached hydrogen (secondary N) is 2. The molecule has 0 bridgehead atoms. The molecular formula is C26H32FN3O5. The van der Waals surface area contributed by atoms with Crippen molar-refractivity contribution in [2.75, 3.05) is 38.7 Å². The predicted octanol–water partition coefficient (Wildman–Crippen LogP) is 3.15. The number of carbonyl (C=O) groups is 2. The number of rotatable bonds is 8. The monoisotopic (exact) mass is 485 g/mol. The number of carbonyl (C=O) groups excluding carboxylic acids is 2. The fourth-order valence-electron chi connectivity index (χ4n) is 4.80. The first-order chi connectivity index (χ1) is 16.7. The van der Waals surface area contributed by atoms with E-state index in [0.717, 1.165) is 37.2 Å². The number of fused-ring (bicyclic) bond motifs is 1. The maximum atomic E-state index is 13.6. The molecule has 2 aliphatic rings. The number of methoxy groups -OCH3 is 1. The highest BCUT2D eigenvalue weighted by Crippen LogP contribution is 2.41. The lowest BCUT2D eigenvalue weighted by Crippen LogP contribution is -2.52. The molecule has 0 saturated carbocycles. The summed E-state index contributed by atoms with van der Waals surface area (Å²) in [5, 5.41) is 5.73. The molecule has 0 aliphatic carbocycles. The number of hydrogen-bond donors (Lipinski definition) is 2. The molecule has 0 unspecified atom stereocenters. The summed E-state index contributed by atoms with van der Waals surface area (Å²) < 4.78 is 31.2. The van der Waals surface area contributed by atoms with E-state index in [1.165, 1.54) is 19.9 Å². The van der Waals surface area contributed by atoms with Gasteiger partial charge in [-0.05, 0) is 30.3 Å². The number of nitrogens with zero attached hydrogens (tertiary/aromatic N) is 1. The van der Waals surface area contributed by atoms with Gasteiger partial charge in [-0.25, -0.2) is 4.39 Å². The molecular weight excluding hydrogens is 453 g/mol. The average molecular weight is 486 g/mol. The molecule has 4 rings (SSSR count). The quantitative estimate of drug-likeness (QED) is 0.597. The van der Waals surface area contributed by atoms with Gasteiger partial charge in [0.15, 0.2) is 0 Å². The Balaban J connectivity index is 1.36. The largest absolute Gasteiger partial charge is 0.497 e. The van der Waals surface area contributed by atoms with Crippen molar-refractivity contribution in [1.82, 2.24) is 10.2 Å². The number of hydrogen-bond acceptors (Lipinski definition) is 6. The fraction of sp³-hybridized carbons (Fsp3) is 0.462. The summed E-state index contributed by atoms with van der Waals surface area (Å²) in [6.45, 7) is 5.33. The molecule has 2 aromatic rings. The lowest BCUT2D eigenvalue weighted by Gasteiger charge is -2.39. The molecule has 9 heteroatoms. The zero-order valence-corrected chi connectivity index (χ0v) is 20.4. The van der Waals surface area contributed by atoms with Crippen molar-refractivity contribution in [2.45, 2.75) is 44.8 Å². The lowest BCUT2D eigenvalue weighted by molar-refractivity contribution is -0.120. The van der Waals surface area contributed by atoms with E-state index in [4.69, 9.17) is 14.2 Å². The number of amides is 2. The summed E-state index contributed by atoms with van der Waals surface area (Å²) in [6.07, 6.45) is 2.35. The lowest BCUT2D eigenvalue weighted by atomic mass is 9.87. The molecule has 188 valence electrons. The molecule has 2 aliphatic heterocycles. The Kier molecular flexibility index (Phi) is 7.45. The van der Waals surface area contributed by atoms with Crippen LogP contribution >= 0.6 is 0 Å². The topological polar surface area (TPSA) is 89.1 Å². The minimum absolute atomic E-state index is 0.142. The van der Waals surface area contributed by atoms with Crippen LogP contribution in [0.1, 0.15) is 32.3 Å². The maximum absolute atomic E-state index is 13.6. The van der Waals surface area contributed by atoms with Gasteiger partial charge in [0.1, 0.15) is 35.3 Å². The molecule has 2 heterocycles. The summed E-state index contributed by atoms with van der Waals surface area (Å²) in [5.41, 5.74) is 1.17. The third-order valence-corrected chi connectivity index (χ3v) is 6.45. The highest BCUT2D eigenvalue weighted by molar-refractivity contribution is 5.90. The van der Waals surface area contributed by atoms with Crippen LogP contribution in [0.3, 0.4) is 0 Å². The van der Waals surface area contributed by atoms with E-state index in [2.05, 4.69) is 15.5 Å². The van der Waals surface area contributed by atoms with Crippen molar-refractivity contribution in [3.63, 3.8) is 0 Å². The Hall–Kier alpha value is -3.33. The van der Waals surface area contributed by atoms with Crippen LogP contribution in [0.25, 0.3) is 0 Å². The first-order valence-electron chi connectivity index (χ1n) is 11.8. The zero-order valence-electron chi connectivity index (χ0n) is 20.4. The summed E-state index contributed by atoms with van der Waals surface area (Å²) in [4.78, 5) is 25.7. The standard InChI is InChI=1S/C26H32FN3O5/c1-17(31)28-21(16-34-25-13-22(33-3)5-6-23(25)29-18(2)32)15-30-10-8-26(9-11-30)14-19-12-20(27)4-7-24(19)35-26/h4-7,12-13,21H,8-11,14-16H2,1-3H3,(H,28,31)(H,29,32)/t21-/m0/s1. The molecule has 1 saturated heterocycles. The normalized spacial score (nSPS) is 17.3. The molecule has 0 radical (unpaired) electrons. The summed E-state index contributed by atoms with van der Waals surface area (Å²) in [5.74, 6) is 1.26. The van der Waals surface area contributed by atoms with Gasteiger partial charge in [-0.3, -0.25) is 9.59 Å². The number of benzene rings is 2. The van der Waals surface area contributed by atoms with E-state index < -0.39 is 0 Å². The second-order valence-corrected chi connectivity index (χ2v) is 9.27. The van der Waals surface area contributed by atoms with Crippen molar-refractivity contribution in [2.24, 2.45) is 0 Å². The van der Waals surface area contributed by atoms with Crippen LogP contribution in [-0.2, 0) is 16.0 Å². The van der Waals surface area contributed by atoms with E-state index >= 15 is 0 Å². The van der Waals surface area contributed by atoms with Crippen LogP contribution in [0.4, 0.5) is 10.1 Å². The Morgan fingerprint density at radius 2 is 1.91 bits per heavy atom. The van der Waals surface area contributed by atoms with Gasteiger partial charge in [0.05, 0.1) is 18.8 Å². The van der Waals surface area contributed by atoms with Crippen LogP contribution in [-0.4, -0.2) is 61.7 Å². The van der Waals surface area contributed by atoms with Gasteiger partial charge in [-0.15, -0.1) is 0 Å². The number of anilines is 1. The SMILES string of the molecule is COc1ccc(NC(C)=O)c(OC[C@H](CN2CCC3(CC2)Cc2cc(F)ccc2O3)NC(C)=O)c1. The molecule has 8 nitrogen and oxygen atoms in total. The summed E-state index contributed by atoms with van der Waals surface area (Å²) in [7, 11) is 1.56. The Morgan fingerprint density at radius 1 is 1.14 bits per heavy atom. The van der Waals surface area contributed by atoms with E-state index in [0.29, 0.717) is 30.2 Å². The van der Waals surface area contributed by atoms with Gasteiger partial charge in [0.2, 0.25) is 11.8 Å². The fourth-order valence-corrected chi connectivity index (χ4v) is 4.80. The average Bonchev–Trinajstić information content (AvgIpc) is 3.16. The van der Waals surface area contributed by atoms with Crippen molar-refractivity contribution < 1.29 is 28.2 Å². The third kappa shape index (κ3) is 6.22. The summed E-state index contributed by atoms with van der Waals surface area (Å²) >= 11 is 0. The van der Waals surface area contributed by atoms with E-state index in [1.54, 1.807) is 37.4 Å². The van der Waals surface area contributed by atoms with Crippen LogP contribution in [0.5, 0.6) is 17.2 Å². The van der Waals surface area contributed by atoms with Crippen molar-refractivity contribution in [1.29, 1.82) is 0 Å². The molecule has 2 N–H and O–H groups in total. The van der Waals surface area contributed by atoms with Gasteiger partial charge < -0.3 is 29.7 Å². The van der Waals surface area contributed by atoms with Crippen LogP contribution < -0.4 is 24.8 Å². The first kappa shape index (κ1) is 24.8. The number of halogens is 1. The van der Waals surface area contributed by atoms with Crippen molar-refractivity contribution in [3.05, 3.63) is 47.8 Å². The van der Waals surface area contributed by atoms with Crippen LogP contribution in [0.15, 0.2) is 36.4 Å². The second-order valence-electron chi connectivity index (χ2n) is 9.27. The van der Waals surface area contributed by atoms with E-state index in [-0.39, 0.29) is 35.9 Å². The molecule has 1 atom stereocenters. The van der Waals surface area contributed by atoms with Crippen LogP contribution in [0, 0.1) is 5.82 Å². The van der Waals surface area contributed by atoms with Gasteiger partial charge in [-0.2, -0.15) is 0 Å². The molecule has 2 aromatic carbocycles. The minimum atomic E-state index is -0.291. The number of ether oxygens (including phenoxy) is 3. The molecule has 1 fully saturated rings. The Morgan fingerprint density at radius 3 is 2.60 bits per heavy atom. The van der Waals surface area contributed by atoms with Gasteiger partial charge in [0, 0.05) is 64.4 Å². The second kappa shape index (κ2) is 10.5.